The van der Waals surface area contributed by atoms with Crippen molar-refractivity contribution in [1.82, 2.24) is 19.8 Å². The molecule has 11 heteroatoms. The third-order valence-electron chi connectivity index (χ3n) is 8.35. The summed E-state index contributed by atoms with van der Waals surface area (Å²) < 4.78 is 33.2. The van der Waals surface area contributed by atoms with E-state index >= 15 is 0 Å². The first-order valence-corrected chi connectivity index (χ1v) is 15.1. The normalized spacial score (nSPS) is 17.0. The van der Waals surface area contributed by atoms with Gasteiger partial charge in [-0.25, -0.2) is 0 Å². The zero-order valence-corrected chi connectivity index (χ0v) is 27.6. The molecule has 244 valence electrons. The van der Waals surface area contributed by atoms with Crippen LogP contribution in [0.4, 0.5) is 0 Å². The molecule has 1 fully saturated rings. The summed E-state index contributed by atoms with van der Waals surface area (Å²) in [5.41, 5.74) is 12.4. The van der Waals surface area contributed by atoms with E-state index in [1.165, 1.54) is 0 Å². The van der Waals surface area contributed by atoms with Gasteiger partial charge in [-0.15, -0.1) is 0 Å². The van der Waals surface area contributed by atoms with Crippen LogP contribution in [0.25, 0.3) is 22.5 Å². The van der Waals surface area contributed by atoms with E-state index in [9.17, 15) is 0 Å². The van der Waals surface area contributed by atoms with Crippen LogP contribution in [-0.2, 0) is 13.1 Å². The van der Waals surface area contributed by atoms with E-state index in [0.717, 1.165) is 53.3 Å². The van der Waals surface area contributed by atoms with Crippen LogP contribution in [0, 0.1) is 0 Å². The van der Waals surface area contributed by atoms with Gasteiger partial charge in [0, 0.05) is 55.7 Å². The highest BCUT2D eigenvalue weighted by Gasteiger charge is 2.30. The van der Waals surface area contributed by atoms with Crippen LogP contribution in [0.1, 0.15) is 18.1 Å². The first-order valence-electron chi connectivity index (χ1n) is 15.1. The van der Waals surface area contributed by atoms with Crippen molar-refractivity contribution in [2.75, 3.05) is 55.7 Å². The lowest BCUT2D eigenvalue weighted by molar-refractivity contribution is 0.0278. The monoisotopic (exact) mass is 629 g/mol. The van der Waals surface area contributed by atoms with Gasteiger partial charge in [0.25, 0.3) is 0 Å². The Labute approximate surface area is 270 Å². The van der Waals surface area contributed by atoms with Crippen molar-refractivity contribution in [3.8, 4) is 57.0 Å². The van der Waals surface area contributed by atoms with Crippen molar-refractivity contribution in [2.24, 2.45) is 5.73 Å². The number of aromatic nitrogens is 2. The van der Waals surface area contributed by atoms with E-state index in [0.29, 0.717) is 41.0 Å². The molecule has 46 heavy (non-hydrogen) atoms. The Kier molecular flexibility index (Phi) is 10.5. The van der Waals surface area contributed by atoms with Crippen LogP contribution in [0.2, 0.25) is 0 Å². The van der Waals surface area contributed by atoms with Gasteiger partial charge < -0.3 is 34.2 Å². The number of benzene rings is 2. The maximum Gasteiger partial charge on any atom is 0.203 e. The molecule has 0 unspecified atom stereocenters. The maximum absolute atomic E-state index is 6.77. The summed E-state index contributed by atoms with van der Waals surface area (Å²) in [6.45, 7) is 5.26. The van der Waals surface area contributed by atoms with Crippen molar-refractivity contribution in [3.63, 3.8) is 0 Å². The second kappa shape index (κ2) is 14.7. The molecule has 2 aromatic heterocycles. The van der Waals surface area contributed by atoms with Gasteiger partial charge in [0.05, 0.1) is 60.2 Å². The van der Waals surface area contributed by atoms with Crippen molar-refractivity contribution < 1.29 is 28.4 Å². The lowest BCUT2D eigenvalue weighted by Crippen LogP contribution is -2.59. The highest BCUT2D eigenvalue weighted by atomic mass is 16.5. The molecule has 1 aliphatic rings. The Morgan fingerprint density at radius 3 is 1.41 bits per heavy atom. The fourth-order valence-corrected chi connectivity index (χ4v) is 5.92. The summed E-state index contributed by atoms with van der Waals surface area (Å²) in [4.78, 5) is 14.0. The van der Waals surface area contributed by atoms with E-state index < -0.39 is 0 Å². The smallest absolute Gasteiger partial charge is 0.203 e. The lowest BCUT2D eigenvalue weighted by Gasteiger charge is -2.44. The van der Waals surface area contributed by atoms with Crippen LogP contribution >= 0.6 is 0 Å². The molecule has 0 bridgehead atoms. The molecule has 2 N–H and O–H groups in total. The van der Waals surface area contributed by atoms with Crippen LogP contribution < -0.4 is 34.2 Å². The predicted molar refractivity (Wildman–Crippen MR) is 177 cm³/mol. The Bertz CT molecular complexity index is 1480. The van der Waals surface area contributed by atoms with Crippen LogP contribution in [-0.4, -0.2) is 87.7 Å². The van der Waals surface area contributed by atoms with E-state index in [1.807, 2.05) is 48.8 Å². The number of methoxy groups -OCH3 is 6. The number of piperazine rings is 1. The fourth-order valence-electron chi connectivity index (χ4n) is 5.92. The van der Waals surface area contributed by atoms with Gasteiger partial charge in [0.15, 0.2) is 23.0 Å². The van der Waals surface area contributed by atoms with Gasteiger partial charge in [-0.2, -0.15) is 0 Å². The average Bonchev–Trinajstić information content (AvgIpc) is 3.09. The van der Waals surface area contributed by atoms with Crippen LogP contribution in [0.15, 0.2) is 60.9 Å². The fraction of sp³-hybridized carbons (Fsp3) is 0.371. The van der Waals surface area contributed by atoms with E-state index in [1.54, 1.807) is 42.7 Å². The van der Waals surface area contributed by atoms with Crippen molar-refractivity contribution in [2.45, 2.75) is 32.2 Å². The maximum atomic E-state index is 6.77. The molecule has 0 amide bonds. The van der Waals surface area contributed by atoms with Crippen molar-refractivity contribution in [3.05, 3.63) is 72.1 Å². The average molecular weight is 630 g/mol. The molecule has 3 heterocycles. The summed E-state index contributed by atoms with van der Waals surface area (Å²) in [6, 6.07) is 16.2. The second-order valence-corrected chi connectivity index (χ2v) is 11.2. The quantitative estimate of drug-likeness (QED) is 0.232. The Morgan fingerprint density at radius 2 is 1.02 bits per heavy atom. The molecule has 2 atom stereocenters. The molecule has 11 nitrogen and oxygen atoms in total. The summed E-state index contributed by atoms with van der Waals surface area (Å²) >= 11 is 0. The van der Waals surface area contributed by atoms with Gasteiger partial charge in [-0.1, -0.05) is 0 Å². The topological polar surface area (TPSA) is 114 Å². The molecule has 2 aromatic carbocycles. The molecule has 4 aromatic rings. The number of rotatable bonds is 12. The number of nitrogens with two attached hydrogens (primary N) is 1. The van der Waals surface area contributed by atoms with Gasteiger partial charge >= 0.3 is 0 Å². The number of hydrogen-bond donors (Lipinski definition) is 1. The van der Waals surface area contributed by atoms with Gasteiger partial charge in [0.2, 0.25) is 11.5 Å². The number of hydrogen-bond acceptors (Lipinski definition) is 11. The third kappa shape index (κ3) is 6.96. The molecule has 0 aliphatic carbocycles. The van der Waals surface area contributed by atoms with Crippen LogP contribution in [0.5, 0.6) is 34.5 Å². The third-order valence-corrected chi connectivity index (χ3v) is 8.35. The number of ether oxygens (including phenoxy) is 6. The minimum atomic E-state index is -0.134. The minimum Gasteiger partial charge on any atom is -0.493 e. The van der Waals surface area contributed by atoms with E-state index in [4.69, 9.17) is 34.2 Å². The summed E-state index contributed by atoms with van der Waals surface area (Å²) in [7, 11) is 9.62. The minimum absolute atomic E-state index is 0.134. The molecule has 5 rings (SSSR count). The molecule has 1 saturated heterocycles. The van der Waals surface area contributed by atoms with Gasteiger partial charge in [0.1, 0.15) is 0 Å². The van der Waals surface area contributed by atoms with Gasteiger partial charge in [-0.05, 0) is 66.6 Å². The highest BCUT2D eigenvalue weighted by molar-refractivity contribution is 5.70. The molecular formula is C35H43N5O6. The van der Waals surface area contributed by atoms with Crippen LogP contribution in [0.3, 0.4) is 0 Å². The Hall–Kier alpha value is -4.58. The van der Waals surface area contributed by atoms with Crippen molar-refractivity contribution >= 4 is 0 Å². The van der Waals surface area contributed by atoms with Crippen molar-refractivity contribution in [1.29, 1.82) is 0 Å². The molecule has 0 radical (unpaired) electrons. The predicted octanol–water partition coefficient (Wildman–Crippen LogP) is 4.85. The molecule has 0 spiro atoms. The second-order valence-electron chi connectivity index (χ2n) is 11.2. The molecule has 1 aliphatic heterocycles. The summed E-state index contributed by atoms with van der Waals surface area (Å²) in [5, 5.41) is 0. The van der Waals surface area contributed by atoms with E-state index in [-0.39, 0.29) is 12.2 Å². The molecule has 0 saturated carbocycles. The summed E-state index contributed by atoms with van der Waals surface area (Å²) in [6.07, 6.45) is 3.53. The summed E-state index contributed by atoms with van der Waals surface area (Å²) in [5.74, 6) is 3.44. The van der Waals surface area contributed by atoms with Gasteiger partial charge in [-0.3, -0.25) is 19.8 Å². The lowest BCUT2D eigenvalue weighted by atomic mass is 10.0. The number of pyridine rings is 2. The first kappa shape index (κ1) is 32.8. The molecular weight excluding hydrogens is 586 g/mol. The highest BCUT2D eigenvalue weighted by Crippen LogP contribution is 2.42. The standard InChI is InChI=1S/C35H43N5O6/c1-22-18-40(20-24-9-11-38-28(13-24)26-16-31(43-4)35(46-7)32(17-26)44-5)33(36)21-39(22)19-23-8-10-37-27(12-23)25-14-29(41-2)34(45-6)30(15-25)42-3/h8-17,22,33H,18-21,36H2,1-7H3/t22-,33-/m0/s1. The zero-order valence-electron chi connectivity index (χ0n) is 27.6. The zero-order chi connectivity index (χ0) is 32.8. The number of nitrogens with zero attached hydrogens (tertiary/aromatic N) is 4. The SMILES string of the molecule is COc1cc(-c2cc(CN3C[C@H](C)N(Cc4ccnc(-c5cc(OC)c(OC)c(OC)c5)c4)C[C@H]3N)ccn2)cc(OC)c1OC. The first-order chi connectivity index (χ1) is 22.3. The van der Waals surface area contributed by atoms with E-state index in [2.05, 4.69) is 38.8 Å². The Morgan fingerprint density at radius 1 is 0.609 bits per heavy atom. The Balaban J connectivity index is 1.28. The largest absolute Gasteiger partial charge is 0.493 e.